The second-order valence-electron chi connectivity index (χ2n) is 6.72. The molecule has 0 saturated heterocycles. The van der Waals surface area contributed by atoms with Gasteiger partial charge >= 0.3 is 0 Å². The first-order valence-corrected chi connectivity index (χ1v) is 7.61. The fourth-order valence-electron chi connectivity index (χ4n) is 1.93. The van der Waals surface area contributed by atoms with E-state index in [9.17, 15) is 0 Å². The van der Waals surface area contributed by atoms with E-state index in [1.807, 2.05) is 0 Å². The Balaban J connectivity index is 2.18. The van der Waals surface area contributed by atoms with Crippen LogP contribution in [-0.2, 0) is 0 Å². The largest absolute Gasteiger partial charge is 0.313 e. The lowest BCUT2D eigenvalue weighted by molar-refractivity contribution is 0.328. The minimum absolute atomic E-state index is 0.394. The standard InChI is InChI=1S/C14H29NS/c1-11(2)14(7-8-14)10-15-12(3)9-16-13(4,5)6/h11-12,15H,7-10H2,1-6H3. The summed E-state index contributed by atoms with van der Waals surface area (Å²) in [6.45, 7) is 15.1. The van der Waals surface area contributed by atoms with Crippen molar-refractivity contribution >= 4 is 11.8 Å². The number of hydrogen-bond donors (Lipinski definition) is 1. The molecule has 0 spiro atoms. The van der Waals surface area contributed by atoms with Crippen LogP contribution in [0, 0.1) is 11.3 Å². The highest BCUT2D eigenvalue weighted by Gasteiger charge is 2.44. The van der Waals surface area contributed by atoms with Gasteiger partial charge in [0, 0.05) is 23.1 Å². The van der Waals surface area contributed by atoms with E-state index in [0.29, 0.717) is 16.2 Å². The molecule has 0 radical (unpaired) electrons. The van der Waals surface area contributed by atoms with Gasteiger partial charge in [-0.3, -0.25) is 0 Å². The van der Waals surface area contributed by atoms with E-state index < -0.39 is 0 Å². The fraction of sp³-hybridized carbons (Fsp3) is 1.00. The number of nitrogens with one attached hydrogen (secondary N) is 1. The van der Waals surface area contributed by atoms with Gasteiger partial charge in [-0.2, -0.15) is 11.8 Å². The molecule has 0 amide bonds. The molecule has 0 bridgehead atoms. The van der Waals surface area contributed by atoms with E-state index in [0.717, 1.165) is 5.92 Å². The van der Waals surface area contributed by atoms with Gasteiger partial charge in [0.15, 0.2) is 0 Å². The maximum absolute atomic E-state index is 3.72. The zero-order chi connectivity index (χ0) is 12.4. The van der Waals surface area contributed by atoms with E-state index in [1.165, 1.54) is 25.1 Å². The molecular formula is C14H29NS. The van der Waals surface area contributed by atoms with Crippen molar-refractivity contribution in [2.24, 2.45) is 11.3 Å². The Labute approximate surface area is 106 Å². The molecule has 0 aromatic carbocycles. The summed E-state index contributed by atoms with van der Waals surface area (Å²) in [5.41, 5.74) is 0.640. The first-order chi connectivity index (χ1) is 7.25. The first kappa shape index (κ1) is 14.4. The fourth-order valence-corrected chi connectivity index (χ4v) is 2.80. The molecule has 96 valence electrons. The van der Waals surface area contributed by atoms with Crippen LogP contribution >= 0.6 is 11.8 Å². The molecule has 0 aromatic heterocycles. The highest BCUT2D eigenvalue weighted by molar-refractivity contribution is 8.00. The second kappa shape index (κ2) is 5.30. The Kier molecular flexibility index (Phi) is 4.76. The minimum atomic E-state index is 0.394. The highest BCUT2D eigenvalue weighted by atomic mass is 32.2. The van der Waals surface area contributed by atoms with Gasteiger partial charge in [0.1, 0.15) is 0 Å². The highest BCUT2D eigenvalue weighted by Crippen LogP contribution is 2.51. The van der Waals surface area contributed by atoms with Crippen LogP contribution in [0.4, 0.5) is 0 Å². The first-order valence-electron chi connectivity index (χ1n) is 6.62. The van der Waals surface area contributed by atoms with Crippen LogP contribution in [0.3, 0.4) is 0 Å². The van der Waals surface area contributed by atoms with Crippen molar-refractivity contribution in [1.82, 2.24) is 5.32 Å². The Morgan fingerprint density at radius 2 is 1.75 bits per heavy atom. The third kappa shape index (κ3) is 4.67. The topological polar surface area (TPSA) is 12.0 Å². The minimum Gasteiger partial charge on any atom is -0.313 e. The summed E-state index contributed by atoms with van der Waals surface area (Å²) >= 11 is 2.06. The summed E-state index contributed by atoms with van der Waals surface area (Å²) in [6.07, 6.45) is 2.85. The molecule has 1 N–H and O–H groups in total. The molecule has 16 heavy (non-hydrogen) atoms. The van der Waals surface area contributed by atoms with Crippen LogP contribution in [0.15, 0.2) is 0 Å². The summed E-state index contributed by atoms with van der Waals surface area (Å²) in [4.78, 5) is 0. The number of hydrogen-bond acceptors (Lipinski definition) is 2. The van der Waals surface area contributed by atoms with Crippen molar-refractivity contribution in [1.29, 1.82) is 0 Å². The summed E-state index contributed by atoms with van der Waals surface area (Å²) < 4.78 is 0.394. The molecular weight excluding hydrogens is 214 g/mol. The average Bonchev–Trinajstić information content (AvgIpc) is 2.91. The van der Waals surface area contributed by atoms with Crippen molar-refractivity contribution in [3.8, 4) is 0 Å². The predicted octanol–water partition coefficient (Wildman–Crippen LogP) is 3.93. The summed E-state index contributed by atoms with van der Waals surface area (Å²) in [6, 6.07) is 0.639. The molecule has 2 heteroatoms. The van der Waals surface area contributed by atoms with Crippen LogP contribution in [0.25, 0.3) is 0 Å². The molecule has 1 aliphatic rings. The Morgan fingerprint density at radius 1 is 1.19 bits per heavy atom. The van der Waals surface area contributed by atoms with Gasteiger partial charge in [0.2, 0.25) is 0 Å². The molecule has 1 rings (SSSR count). The smallest absolute Gasteiger partial charge is 0.0130 e. The molecule has 1 saturated carbocycles. The maximum atomic E-state index is 3.72. The van der Waals surface area contributed by atoms with Crippen LogP contribution in [0.1, 0.15) is 54.4 Å². The van der Waals surface area contributed by atoms with Gasteiger partial charge in [-0.05, 0) is 31.1 Å². The zero-order valence-electron chi connectivity index (χ0n) is 11.9. The Hall–Kier alpha value is 0.310. The SMILES string of the molecule is CC(CSC(C)(C)C)NCC1(C(C)C)CC1. The quantitative estimate of drug-likeness (QED) is 0.758. The summed E-state index contributed by atoms with van der Waals surface area (Å²) in [5.74, 6) is 2.06. The lowest BCUT2D eigenvalue weighted by Crippen LogP contribution is -2.36. The van der Waals surface area contributed by atoms with Crippen molar-refractivity contribution in [3.63, 3.8) is 0 Å². The molecule has 0 aliphatic heterocycles. The van der Waals surface area contributed by atoms with Gasteiger partial charge in [-0.15, -0.1) is 0 Å². The lowest BCUT2D eigenvalue weighted by Gasteiger charge is -2.25. The van der Waals surface area contributed by atoms with E-state index in [-0.39, 0.29) is 0 Å². The van der Waals surface area contributed by atoms with Gasteiger partial charge < -0.3 is 5.32 Å². The van der Waals surface area contributed by atoms with Gasteiger partial charge in [-0.25, -0.2) is 0 Å². The molecule has 1 unspecified atom stereocenters. The third-order valence-electron chi connectivity index (χ3n) is 3.69. The van der Waals surface area contributed by atoms with Crippen molar-refractivity contribution in [3.05, 3.63) is 0 Å². The van der Waals surface area contributed by atoms with E-state index >= 15 is 0 Å². The number of rotatable bonds is 6. The molecule has 1 aliphatic carbocycles. The summed E-state index contributed by atoms with van der Waals surface area (Å²) in [7, 11) is 0. The van der Waals surface area contributed by atoms with Crippen molar-refractivity contribution in [2.45, 2.75) is 65.2 Å². The normalized spacial score (nSPS) is 21.2. The molecule has 0 heterocycles. The summed E-state index contributed by atoms with van der Waals surface area (Å²) in [5, 5.41) is 3.72. The van der Waals surface area contributed by atoms with E-state index in [1.54, 1.807) is 0 Å². The monoisotopic (exact) mass is 243 g/mol. The third-order valence-corrected chi connectivity index (χ3v) is 5.22. The predicted molar refractivity (Wildman–Crippen MR) is 76.2 cm³/mol. The van der Waals surface area contributed by atoms with Gasteiger partial charge in [0.05, 0.1) is 0 Å². The Morgan fingerprint density at radius 3 is 2.12 bits per heavy atom. The van der Waals surface area contributed by atoms with Crippen LogP contribution in [0.5, 0.6) is 0 Å². The van der Waals surface area contributed by atoms with Crippen molar-refractivity contribution < 1.29 is 0 Å². The molecule has 1 nitrogen and oxygen atoms in total. The molecule has 1 fully saturated rings. The zero-order valence-corrected chi connectivity index (χ0v) is 12.7. The van der Waals surface area contributed by atoms with Gasteiger partial charge in [0.25, 0.3) is 0 Å². The van der Waals surface area contributed by atoms with Crippen molar-refractivity contribution in [2.75, 3.05) is 12.3 Å². The van der Waals surface area contributed by atoms with E-state index in [4.69, 9.17) is 0 Å². The lowest BCUT2D eigenvalue weighted by atomic mass is 9.92. The van der Waals surface area contributed by atoms with Crippen LogP contribution < -0.4 is 5.32 Å². The second-order valence-corrected chi connectivity index (χ2v) is 8.57. The van der Waals surface area contributed by atoms with E-state index in [2.05, 4.69) is 58.6 Å². The Bertz CT molecular complexity index is 213. The molecule has 0 aromatic rings. The van der Waals surface area contributed by atoms with Gasteiger partial charge in [-0.1, -0.05) is 34.6 Å². The average molecular weight is 243 g/mol. The molecule has 1 atom stereocenters. The van der Waals surface area contributed by atoms with Crippen LogP contribution in [-0.4, -0.2) is 23.1 Å². The maximum Gasteiger partial charge on any atom is 0.0130 e. The number of thioether (sulfide) groups is 1. The van der Waals surface area contributed by atoms with Crippen LogP contribution in [0.2, 0.25) is 0 Å².